The lowest BCUT2D eigenvalue weighted by Gasteiger charge is -2.16. The summed E-state index contributed by atoms with van der Waals surface area (Å²) in [5.74, 6) is 1.34. The predicted molar refractivity (Wildman–Crippen MR) is 66.6 cm³/mol. The van der Waals surface area contributed by atoms with E-state index in [0.717, 1.165) is 0 Å². The average molecular weight is 202 g/mol. The summed E-state index contributed by atoms with van der Waals surface area (Å²) in [6.07, 6.45) is 3.97. The van der Waals surface area contributed by atoms with Crippen molar-refractivity contribution in [2.75, 3.05) is 0 Å². The molecule has 0 aliphatic heterocycles. The molecule has 0 heteroatoms. The number of hydrogen-bond acceptors (Lipinski definition) is 0. The van der Waals surface area contributed by atoms with E-state index in [2.05, 4.69) is 39.8 Å². The van der Waals surface area contributed by atoms with Gasteiger partial charge in [0.15, 0.2) is 0 Å². The van der Waals surface area contributed by atoms with Gasteiger partial charge in [0, 0.05) is 0 Å². The molecule has 1 aliphatic carbocycles. The monoisotopic (exact) mass is 202 g/mol. The summed E-state index contributed by atoms with van der Waals surface area (Å²) in [4.78, 5) is 0. The molecule has 0 saturated heterocycles. The maximum atomic E-state index is 2.44. The zero-order chi connectivity index (χ0) is 11.0. The quantitative estimate of drug-likeness (QED) is 0.666. The van der Waals surface area contributed by atoms with Crippen molar-refractivity contribution in [3.05, 3.63) is 34.4 Å². The predicted octanol–water partition coefficient (Wildman–Crippen LogP) is 4.42. The van der Waals surface area contributed by atoms with Gasteiger partial charge in [-0.15, -0.1) is 0 Å². The van der Waals surface area contributed by atoms with E-state index < -0.39 is 0 Å². The molecule has 82 valence electrons. The van der Waals surface area contributed by atoms with Crippen molar-refractivity contribution in [3.8, 4) is 0 Å². The van der Waals surface area contributed by atoms with Gasteiger partial charge in [-0.05, 0) is 53.4 Å². The third-order valence-corrected chi connectivity index (χ3v) is 3.56. The van der Waals surface area contributed by atoms with Crippen molar-refractivity contribution < 1.29 is 0 Å². The average Bonchev–Trinajstić information content (AvgIpc) is 2.62. The Balaban J connectivity index is 2.52. The van der Waals surface area contributed by atoms with Crippen molar-refractivity contribution in [3.63, 3.8) is 0 Å². The topological polar surface area (TPSA) is 0 Å². The summed E-state index contributed by atoms with van der Waals surface area (Å²) >= 11 is 0. The molecular formula is C15H22. The summed E-state index contributed by atoms with van der Waals surface area (Å²) in [5, 5.41) is 0. The lowest BCUT2D eigenvalue weighted by atomic mass is 9.89. The molecule has 0 unspecified atom stereocenters. The highest BCUT2D eigenvalue weighted by molar-refractivity contribution is 5.44. The largest absolute Gasteiger partial charge is 0.0587 e. The van der Waals surface area contributed by atoms with Gasteiger partial charge in [-0.2, -0.15) is 0 Å². The highest BCUT2D eigenvalue weighted by Crippen LogP contribution is 2.33. The molecule has 1 aliphatic rings. The van der Waals surface area contributed by atoms with Gasteiger partial charge in [0.05, 0.1) is 0 Å². The van der Waals surface area contributed by atoms with Crippen LogP contribution in [0.25, 0.3) is 0 Å². The fourth-order valence-electron chi connectivity index (χ4n) is 2.61. The van der Waals surface area contributed by atoms with Crippen LogP contribution in [0.15, 0.2) is 12.1 Å². The second-order valence-electron chi connectivity index (χ2n) is 5.41. The number of hydrogen-bond donors (Lipinski definition) is 0. The third kappa shape index (κ3) is 1.95. The van der Waals surface area contributed by atoms with Crippen molar-refractivity contribution >= 4 is 0 Å². The molecule has 0 bridgehead atoms. The summed E-state index contributed by atoms with van der Waals surface area (Å²) in [6, 6.07) is 4.89. The first kappa shape index (κ1) is 10.7. The van der Waals surface area contributed by atoms with Crippen LogP contribution in [-0.4, -0.2) is 0 Å². The van der Waals surface area contributed by atoms with Gasteiger partial charge < -0.3 is 0 Å². The Morgan fingerprint density at radius 3 is 2.27 bits per heavy atom. The van der Waals surface area contributed by atoms with Gasteiger partial charge in [0.2, 0.25) is 0 Å². The van der Waals surface area contributed by atoms with Crippen LogP contribution in [0.2, 0.25) is 0 Å². The summed E-state index contributed by atoms with van der Waals surface area (Å²) in [5.41, 5.74) is 6.42. The van der Waals surface area contributed by atoms with Gasteiger partial charge in [-0.25, -0.2) is 0 Å². The molecule has 0 nitrogen and oxygen atoms in total. The van der Waals surface area contributed by atoms with Crippen LogP contribution in [0.5, 0.6) is 0 Å². The lowest BCUT2D eigenvalue weighted by Crippen LogP contribution is -1.99. The van der Waals surface area contributed by atoms with Crippen LogP contribution in [0, 0.1) is 0 Å². The Labute approximate surface area is 93.7 Å². The molecule has 0 atom stereocenters. The van der Waals surface area contributed by atoms with Crippen LogP contribution in [0.3, 0.4) is 0 Å². The second-order valence-corrected chi connectivity index (χ2v) is 5.41. The van der Waals surface area contributed by atoms with Gasteiger partial charge >= 0.3 is 0 Å². The van der Waals surface area contributed by atoms with Crippen molar-refractivity contribution in [1.82, 2.24) is 0 Å². The summed E-state index contributed by atoms with van der Waals surface area (Å²) in [6.45, 7) is 9.22. The zero-order valence-corrected chi connectivity index (χ0v) is 10.4. The smallest absolute Gasteiger partial charge is 0.0216 e. The molecular weight excluding hydrogens is 180 g/mol. The van der Waals surface area contributed by atoms with Crippen molar-refractivity contribution in [2.45, 2.75) is 58.8 Å². The number of fused-ring (bicyclic) bond motifs is 1. The van der Waals surface area contributed by atoms with E-state index in [4.69, 9.17) is 0 Å². The van der Waals surface area contributed by atoms with Gasteiger partial charge in [0.1, 0.15) is 0 Å². The van der Waals surface area contributed by atoms with Crippen LogP contribution in [0.1, 0.15) is 68.2 Å². The fraction of sp³-hybridized carbons (Fsp3) is 0.600. The molecule has 0 spiro atoms. The van der Waals surface area contributed by atoms with Gasteiger partial charge in [0.25, 0.3) is 0 Å². The van der Waals surface area contributed by atoms with Crippen LogP contribution >= 0.6 is 0 Å². The Morgan fingerprint density at radius 2 is 1.67 bits per heavy atom. The first-order valence-corrected chi connectivity index (χ1v) is 6.25. The molecule has 0 radical (unpaired) electrons. The zero-order valence-electron chi connectivity index (χ0n) is 10.4. The first-order chi connectivity index (χ1) is 7.09. The Bertz CT molecular complexity index is 359. The molecule has 1 aromatic carbocycles. The van der Waals surface area contributed by atoms with Crippen molar-refractivity contribution in [1.29, 1.82) is 0 Å². The molecule has 0 heterocycles. The van der Waals surface area contributed by atoms with E-state index in [1.54, 1.807) is 16.7 Å². The minimum absolute atomic E-state index is 0.661. The van der Waals surface area contributed by atoms with E-state index in [0.29, 0.717) is 11.8 Å². The Kier molecular flexibility index (Phi) is 2.86. The van der Waals surface area contributed by atoms with E-state index >= 15 is 0 Å². The number of aryl methyl sites for hydroxylation is 1. The van der Waals surface area contributed by atoms with E-state index in [1.165, 1.54) is 24.8 Å². The molecule has 0 fully saturated rings. The van der Waals surface area contributed by atoms with E-state index in [1.807, 2.05) is 0 Å². The summed E-state index contributed by atoms with van der Waals surface area (Å²) in [7, 11) is 0. The summed E-state index contributed by atoms with van der Waals surface area (Å²) < 4.78 is 0. The van der Waals surface area contributed by atoms with E-state index in [9.17, 15) is 0 Å². The highest BCUT2D eigenvalue weighted by atomic mass is 14.2. The second kappa shape index (κ2) is 4.00. The van der Waals surface area contributed by atoms with Crippen molar-refractivity contribution in [2.24, 2.45) is 0 Å². The molecule has 0 saturated carbocycles. The minimum Gasteiger partial charge on any atom is -0.0587 e. The lowest BCUT2D eigenvalue weighted by molar-refractivity contribution is 0.819. The number of rotatable bonds is 2. The maximum absolute atomic E-state index is 2.44. The van der Waals surface area contributed by atoms with Crippen LogP contribution in [0.4, 0.5) is 0 Å². The number of benzene rings is 1. The van der Waals surface area contributed by atoms with Gasteiger partial charge in [-0.1, -0.05) is 39.8 Å². The molecule has 0 N–H and O–H groups in total. The molecule has 0 aromatic heterocycles. The van der Waals surface area contributed by atoms with E-state index in [-0.39, 0.29) is 0 Å². The molecule has 0 amide bonds. The standard InChI is InChI=1S/C15H22/c1-10(2)13-8-12-6-5-7-14(12)15(9-13)11(3)4/h8-11H,5-7H2,1-4H3. The van der Waals surface area contributed by atoms with Crippen LogP contribution < -0.4 is 0 Å². The third-order valence-electron chi connectivity index (χ3n) is 3.56. The Morgan fingerprint density at radius 1 is 0.933 bits per heavy atom. The van der Waals surface area contributed by atoms with Crippen LogP contribution in [-0.2, 0) is 12.8 Å². The van der Waals surface area contributed by atoms with Gasteiger partial charge in [-0.3, -0.25) is 0 Å². The molecule has 1 aromatic rings. The SMILES string of the molecule is CC(C)c1cc2c(c(C(C)C)c1)CCC2. The minimum atomic E-state index is 0.661. The molecule has 15 heavy (non-hydrogen) atoms. The first-order valence-electron chi connectivity index (χ1n) is 6.25. The highest BCUT2D eigenvalue weighted by Gasteiger charge is 2.18. The maximum Gasteiger partial charge on any atom is -0.0216 e. The Hall–Kier alpha value is -0.780. The molecule has 2 rings (SSSR count). The normalized spacial score (nSPS) is 15.1. The fourth-order valence-corrected chi connectivity index (χ4v) is 2.61.